The van der Waals surface area contributed by atoms with Gasteiger partial charge in [-0.2, -0.15) is 0 Å². The first-order valence-electron chi connectivity index (χ1n) is 10.2. The third-order valence-electron chi connectivity index (χ3n) is 4.61. The normalized spacial score (nSPS) is 12.4. The molecule has 1 atom stereocenters. The van der Waals surface area contributed by atoms with Crippen LogP contribution in [0.2, 0.25) is 0 Å². The van der Waals surface area contributed by atoms with E-state index in [1.54, 1.807) is 18.4 Å². The summed E-state index contributed by atoms with van der Waals surface area (Å²) in [6, 6.07) is 17.6. The highest BCUT2D eigenvalue weighted by molar-refractivity contribution is 7.19. The Hall–Kier alpha value is -3.10. The van der Waals surface area contributed by atoms with E-state index in [2.05, 4.69) is 20.9 Å². The van der Waals surface area contributed by atoms with Crippen LogP contribution in [0, 0.1) is 0 Å². The van der Waals surface area contributed by atoms with Crippen molar-refractivity contribution >= 4 is 33.3 Å². The summed E-state index contributed by atoms with van der Waals surface area (Å²) in [6.45, 7) is 3.31. The Bertz CT molecular complexity index is 984. The van der Waals surface area contributed by atoms with Crippen molar-refractivity contribution in [3.8, 4) is 5.75 Å². The van der Waals surface area contributed by atoms with Gasteiger partial charge in [-0.25, -0.2) is 4.99 Å². The molecule has 0 aliphatic rings. The third-order valence-corrected chi connectivity index (χ3v) is 5.83. The van der Waals surface area contributed by atoms with E-state index < -0.39 is 6.10 Å². The van der Waals surface area contributed by atoms with Crippen LogP contribution in [0.4, 0.5) is 0 Å². The van der Waals surface area contributed by atoms with Crippen LogP contribution in [-0.4, -0.2) is 43.7 Å². The van der Waals surface area contributed by atoms with Crippen LogP contribution in [0.3, 0.4) is 0 Å². The number of amides is 1. The fraction of sp³-hybridized carbons (Fsp3) is 0.304. The maximum Gasteiger partial charge on any atom is 0.242 e. The number of carbonyl (C=O) groups is 1. The van der Waals surface area contributed by atoms with Crippen LogP contribution in [0.25, 0.3) is 10.1 Å². The van der Waals surface area contributed by atoms with Gasteiger partial charge in [0.05, 0.1) is 7.11 Å². The molecule has 8 heteroatoms. The van der Waals surface area contributed by atoms with Gasteiger partial charge >= 0.3 is 0 Å². The minimum absolute atomic E-state index is 0.00945. The molecular weight excluding hydrogens is 412 g/mol. The summed E-state index contributed by atoms with van der Waals surface area (Å²) in [5.41, 5.74) is 0.981. The predicted molar refractivity (Wildman–Crippen MR) is 126 cm³/mol. The molecule has 3 aromatic rings. The second-order valence-electron chi connectivity index (χ2n) is 6.90. The Labute approximate surface area is 186 Å². The van der Waals surface area contributed by atoms with Gasteiger partial charge in [-0.05, 0) is 42.1 Å². The Kier molecular flexibility index (Phi) is 8.26. The lowest BCUT2D eigenvalue weighted by molar-refractivity contribution is -0.119. The Morgan fingerprint density at radius 1 is 1.13 bits per heavy atom. The second kappa shape index (κ2) is 11.3. The van der Waals surface area contributed by atoms with Crippen LogP contribution in [0.5, 0.6) is 5.75 Å². The number of carbonyl (C=O) groups excluding carboxylic acids is 1. The zero-order valence-corrected chi connectivity index (χ0v) is 18.5. The molecule has 0 saturated carbocycles. The number of aliphatic hydroxyl groups excluding tert-OH is 1. The first-order chi connectivity index (χ1) is 15.1. The van der Waals surface area contributed by atoms with Crippen LogP contribution in [0.1, 0.15) is 23.5 Å². The molecule has 31 heavy (non-hydrogen) atoms. The molecule has 3 rings (SSSR count). The fourth-order valence-corrected chi connectivity index (χ4v) is 4.00. The molecule has 0 aliphatic carbocycles. The number of aliphatic hydroxyl groups is 1. The Morgan fingerprint density at radius 2 is 1.90 bits per heavy atom. The molecule has 0 aliphatic heterocycles. The quantitative estimate of drug-likeness (QED) is 0.303. The van der Waals surface area contributed by atoms with Gasteiger partial charge in [0.2, 0.25) is 5.91 Å². The third kappa shape index (κ3) is 6.70. The van der Waals surface area contributed by atoms with Crippen LogP contribution in [-0.2, 0) is 11.3 Å². The number of fused-ring (bicyclic) bond motifs is 1. The average Bonchev–Trinajstić information content (AvgIpc) is 3.24. The summed E-state index contributed by atoms with van der Waals surface area (Å²) >= 11 is 1.57. The molecular formula is C23H28N4O3S. The van der Waals surface area contributed by atoms with Crippen molar-refractivity contribution < 1.29 is 14.6 Å². The lowest BCUT2D eigenvalue weighted by Gasteiger charge is -2.14. The first-order valence-corrected chi connectivity index (χ1v) is 11.0. The summed E-state index contributed by atoms with van der Waals surface area (Å²) in [5.74, 6) is 1.08. The van der Waals surface area contributed by atoms with Crippen LogP contribution >= 0.6 is 11.3 Å². The van der Waals surface area contributed by atoms with Crippen LogP contribution in [0.15, 0.2) is 59.6 Å². The standard InChI is InChI=1S/C23H28N4O3S/c1-3-24-23(26-14-19(28)21-12-17-6-4-5-7-20(17)31-21)27-15-22(29)25-13-16-8-10-18(30-2)11-9-16/h4-12,19,28H,3,13-15H2,1-2H3,(H,25,29)(H2,24,26,27). The van der Waals surface area contributed by atoms with Gasteiger partial charge in [0.25, 0.3) is 0 Å². The van der Waals surface area contributed by atoms with Gasteiger partial charge in [0, 0.05) is 29.2 Å². The van der Waals surface area contributed by atoms with Gasteiger partial charge in [0.15, 0.2) is 5.96 Å². The molecule has 0 fully saturated rings. The number of methoxy groups -OCH3 is 1. The van der Waals surface area contributed by atoms with Gasteiger partial charge in [-0.1, -0.05) is 30.3 Å². The van der Waals surface area contributed by atoms with Crippen molar-refractivity contribution in [2.75, 3.05) is 26.7 Å². The molecule has 1 heterocycles. The number of hydrogen-bond acceptors (Lipinski definition) is 5. The highest BCUT2D eigenvalue weighted by Crippen LogP contribution is 2.29. The molecule has 2 aromatic carbocycles. The molecule has 0 bridgehead atoms. The monoisotopic (exact) mass is 440 g/mol. The van der Waals surface area contributed by atoms with E-state index in [9.17, 15) is 9.90 Å². The predicted octanol–water partition coefficient (Wildman–Crippen LogP) is 2.81. The first kappa shape index (κ1) is 22.6. The number of guanidine groups is 1. The van der Waals surface area contributed by atoms with Crippen LogP contribution < -0.4 is 20.7 Å². The van der Waals surface area contributed by atoms with Gasteiger partial charge < -0.3 is 25.8 Å². The summed E-state index contributed by atoms with van der Waals surface area (Å²) in [5, 5.41) is 20.7. The lowest BCUT2D eigenvalue weighted by atomic mass is 10.2. The number of aliphatic imine (C=N–C) groups is 1. The van der Waals surface area contributed by atoms with E-state index in [1.165, 1.54) is 0 Å². The summed E-state index contributed by atoms with van der Waals surface area (Å²) in [4.78, 5) is 17.4. The van der Waals surface area contributed by atoms with Crippen molar-refractivity contribution in [1.29, 1.82) is 0 Å². The van der Waals surface area contributed by atoms with E-state index in [0.717, 1.165) is 26.3 Å². The smallest absolute Gasteiger partial charge is 0.242 e. The second-order valence-corrected chi connectivity index (χ2v) is 8.02. The molecule has 0 spiro atoms. The molecule has 0 saturated heterocycles. The van der Waals surface area contributed by atoms with Crippen molar-refractivity contribution in [2.45, 2.75) is 19.6 Å². The molecule has 4 N–H and O–H groups in total. The zero-order chi connectivity index (χ0) is 22.1. The van der Waals surface area contributed by atoms with E-state index in [1.807, 2.05) is 61.5 Å². The van der Waals surface area contributed by atoms with E-state index in [4.69, 9.17) is 4.74 Å². The number of hydrogen-bond donors (Lipinski definition) is 4. The summed E-state index contributed by atoms with van der Waals surface area (Å²) in [7, 11) is 1.62. The lowest BCUT2D eigenvalue weighted by Crippen LogP contribution is -2.40. The summed E-state index contributed by atoms with van der Waals surface area (Å²) < 4.78 is 6.27. The van der Waals surface area contributed by atoms with Crippen molar-refractivity contribution in [2.24, 2.45) is 4.99 Å². The molecule has 1 unspecified atom stereocenters. The Morgan fingerprint density at radius 3 is 2.61 bits per heavy atom. The maximum atomic E-state index is 12.2. The molecule has 1 amide bonds. The molecule has 7 nitrogen and oxygen atoms in total. The number of rotatable bonds is 9. The number of nitrogens with one attached hydrogen (secondary N) is 3. The minimum Gasteiger partial charge on any atom is -0.497 e. The summed E-state index contributed by atoms with van der Waals surface area (Å²) in [6.07, 6.45) is -0.662. The minimum atomic E-state index is -0.662. The van der Waals surface area contributed by atoms with E-state index in [0.29, 0.717) is 25.6 Å². The zero-order valence-electron chi connectivity index (χ0n) is 17.7. The number of ether oxygens (including phenoxy) is 1. The number of nitrogens with zero attached hydrogens (tertiary/aromatic N) is 1. The number of thiophene rings is 1. The average molecular weight is 441 g/mol. The highest BCUT2D eigenvalue weighted by atomic mass is 32.1. The largest absolute Gasteiger partial charge is 0.497 e. The highest BCUT2D eigenvalue weighted by Gasteiger charge is 2.12. The molecule has 1 aromatic heterocycles. The van der Waals surface area contributed by atoms with E-state index in [-0.39, 0.29) is 12.5 Å². The Balaban J connectivity index is 1.49. The topological polar surface area (TPSA) is 95.0 Å². The van der Waals surface area contributed by atoms with Gasteiger partial charge in [-0.15, -0.1) is 11.3 Å². The SMILES string of the molecule is CCNC(=NCC(=O)NCc1ccc(OC)cc1)NCC(O)c1cc2ccccc2s1. The fourth-order valence-electron chi connectivity index (χ4n) is 2.95. The molecule has 164 valence electrons. The van der Waals surface area contributed by atoms with E-state index >= 15 is 0 Å². The van der Waals surface area contributed by atoms with Gasteiger partial charge in [-0.3, -0.25) is 4.79 Å². The van der Waals surface area contributed by atoms with Gasteiger partial charge in [0.1, 0.15) is 18.4 Å². The maximum absolute atomic E-state index is 12.2. The molecule has 0 radical (unpaired) electrons. The van der Waals surface area contributed by atoms with Crippen molar-refractivity contribution in [3.63, 3.8) is 0 Å². The van der Waals surface area contributed by atoms with Crippen molar-refractivity contribution in [3.05, 3.63) is 65.0 Å². The number of benzene rings is 2. The van der Waals surface area contributed by atoms with Crippen molar-refractivity contribution in [1.82, 2.24) is 16.0 Å².